The molecule has 0 saturated carbocycles. The first kappa shape index (κ1) is 59.6. The monoisotopic (exact) mass is 1220 g/mol. The summed E-state index contributed by atoms with van der Waals surface area (Å²) in [5, 5.41) is 3.80. The van der Waals surface area contributed by atoms with E-state index in [-0.39, 0.29) is 17.0 Å². The van der Waals surface area contributed by atoms with Gasteiger partial charge in [0.2, 0.25) is 0 Å². The fourth-order valence-corrected chi connectivity index (χ4v) is 12.6. The molecule has 0 aliphatic carbocycles. The minimum Gasteiger partial charge on any atom is -0.497 e. The second-order valence-electron chi connectivity index (χ2n) is 21.1. The number of imidazole rings is 1. The molecule has 0 amide bonds. The van der Waals surface area contributed by atoms with Crippen LogP contribution in [0.1, 0.15) is 56.3 Å². The summed E-state index contributed by atoms with van der Waals surface area (Å²) in [7, 11) is -1.81. The van der Waals surface area contributed by atoms with Crippen molar-refractivity contribution in [3.63, 3.8) is 0 Å². The van der Waals surface area contributed by atoms with E-state index in [9.17, 15) is 8.42 Å². The molecule has 12 rings (SSSR count). The van der Waals surface area contributed by atoms with E-state index in [0.29, 0.717) is 50.6 Å². The van der Waals surface area contributed by atoms with Crippen molar-refractivity contribution in [2.45, 2.75) is 46.8 Å². The zero-order valence-corrected chi connectivity index (χ0v) is 49.2. The lowest BCUT2D eigenvalue weighted by atomic mass is 9.77. The van der Waals surface area contributed by atoms with Crippen LogP contribution in [0.2, 0.25) is 0 Å². The number of anilines is 1. The minimum atomic E-state index is -6.48. The molecule has 11 aromatic rings. The Hall–Kier alpha value is -9.69. The number of hydrogen-bond acceptors (Lipinski definition) is 13. The molecular weight excluding hydrogens is 1160 g/mol. The van der Waals surface area contributed by atoms with Crippen LogP contribution in [0, 0.1) is 0 Å². The van der Waals surface area contributed by atoms with Gasteiger partial charge in [0.25, 0.3) is 0 Å². The van der Waals surface area contributed by atoms with Crippen molar-refractivity contribution in [1.82, 2.24) is 19.5 Å². The number of hydrogen-bond donors (Lipinski definition) is 1. The van der Waals surface area contributed by atoms with Crippen molar-refractivity contribution in [2.24, 2.45) is 0 Å². The summed E-state index contributed by atoms with van der Waals surface area (Å²) in [6.07, 6.45) is -4.50. The van der Waals surface area contributed by atoms with Crippen molar-refractivity contribution < 1.29 is 54.2 Å². The maximum absolute atomic E-state index is 15.3. The van der Waals surface area contributed by atoms with Gasteiger partial charge >= 0.3 is 15.6 Å². The lowest BCUT2D eigenvalue weighted by Gasteiger charge is -2.40. The van der Waals surface area contributed by atoms with E-state index in [4.69, 9.17) is 47.6 Å². The van der Waals surface area contributed by atoms with Crippen molar-refractivity contribution >= 4 is 27.1 Å². The molecule has 1 fully saturated rings. The Kier molecular flexibility index (Phi) is 16.9. The highest BCUT2D eigenvalue weighted by molar-refractivity contribution is 7.87. The number of benzene rings is 9. The number of aromatic nitrogens is 4. The second-order valence-corrected chi connectivity index (χ2v) is 22.6. The molecule has 0 bridgehead atoms. The van der Waals surface area contributed by atoms with Crippen LogP contribution in [-0.4, -0.2) is 79.7 Å². The molecule has 1 saturated heterocycles. The fraction of sp³-hybridized carbons (Fsp3) is 0.169. The standard InChI is InChI=1S/C71H60F3N5O9S/c1-82-58-40-34-51(35-41-58)68(49-22-10-4-11-23-49,50-24-12-5-13-25-50)78-65-62-66(76-47-75-65)79(48-77-62)67-64(87-70(54-30-18-8-19-31-54,55-32-20-9-21-33-55)57-38-44-60(84-3)45-39-57)63(88-89(80,81)71(72,73)74)61(86-67)46-85-69(52-26-14-6-15-27-52,53-28-16-7-17-29-53)56-36-42-59(83-2)43-37-56/h4-45,47-48,61,63-64,67H,46H2,1-3H3,(H,75,76,78)/t61-,63-,64-,67-/m1/s1. The van der Waals surface area contributed by atoms with Gasteiger partial charge in [-0.15, -0.1) is 0 Å². The first-order chi connectivity index (χ1) is 43.3. The Morgan fingerprint density at radius 3 is 1.26 bits per heavy atom. The van der Waals surface area contributed by atoms with Crippen molar-refractivity contribution in [3.8, 4) is 17.2 Å². The Labute approximate surface area is 513 Å². The number of methoxy groups -OCH3 is 3. The van der Waals surface area contributed by atoms with Crippen LogP contribution in [-0.2, 0) is 45.3 Å². The number of rotatable bonds is 22. The van der Waals surface area contributed by atoms with Crippen molar-refractivity contribution in [2.75, 3.05) is 33.3 Å². The second kappa shape index (κ2) is 25.2. The Bertz CT molecular complexity index is 4120. The van der Waals surface area contributed by atoms with E-state index < -0.39 is 63.5 Å². The number of nitrogens with zero attached hydrogens (tertiary/aromatic N) is 4. The predicted octanol–water partition coefficient (Wildman–Crippen LogP) is 13.8. The lowest BCUT2D eigenvalue weighted by Crippen LogP contribution is -2.48. The van der Waals surface area contributed by atoms with Crippen LogP contribution in [0.3, 0.4) is 0 Å². The molecule has 4 atom stereocenters. The van der Waals surface area contributed by atoms with Gasteiger partial charge in [0, 0.05) is 0 Å². The number of fused-ring (bicyclic) bond motifs is 1. The molecule has 3 heterocycles. The number of nitrogens with one attached hydrogen (secondary N) is 1. The SMILES string of the molecule is COc1ccc(C(Nc2ncnc3c2ncn3[C@@H]2O[C@H](COC(c3ccccc3)(c3ccccc3)c3ccc(OC)cc3)[C@@H](OS(=O)(=O)C(F)(F)F)[C@H]2OC(c2ccccc2)(c2ccccc2)c2ccc(OC)cc2)(c2ccccc2)c2ccccc2)cc1. The highest BCUT2D eigenvalue weighted by atomic mass is 32.2. The molecule has 0 spiro atoms. The molecule has 89 heavy (non-hydrogen) atoms. The summed E-state index contributed by atoms with van der Waals surface area (Å²) in [4.78, 5) is 14.7. The van der Waals surface area contributed by atoms with Gasteiger partial charge in [-0.25, -0.2) is 15.0 Å². The zero-order valence-electron chi connectivity index (χ0n) is 48.4. The normalized spacial score (nSPS) is 16.4. The Morgan fingerprint density at radius 2 is 0.843 bits per heavy atom. The Morgan fingerprint density at radius 1 is 0.472 bits per heavy atom. The highest BCUT2D eigenvalue weighted by Crippen LogP contribution is 2.50. The summed E-state index contributed by atoms with van der Waals surface area (Å²) in [6, 6.07) is 78.2. The predicted molar refractivity (Wildman–Crippen MR) is 331 cm³/mol. The summed E-state index contributed by atoms with van der Waals surface area (Å²) >= 11 is 0. The van der Waals surface area contributed by atoms with Crippen LogP contribution in [0.5, 0.6) is 17.2 Å². The summed E-state index contributed by atoms with van der Waals surface area (Å²) in [5.74, 6) is 1.94. The van der Waals surface area contributed by atoms with E-state index in [1.807, 2.05) is 194 Å². The molecule has 0 radical (unpaired) electrons. The van der Waals surface area contributed by atoms with Gasteiger partial charge in [0.05, 0.1) is 34.3 Å². The van der Waals surface area contributed by atoms with Gasteiger partial charge < -0.3 is 33.7 Å². The Balaban J connectivity index is 1.09. The van der Waals surface area contributed by atoms with Gasteiger partial charge in [-0.2, -0.15) is 21.6 Å². The average molecular weight is 1220 g/mol. The minimum absolute atomic E-state index is 0.125. The van der Waals surface area contributed by atoms with Crippen LogP contribution in [0.25, 0.3) is 11.2 Å². The third kappa shape index (κ3) is 11.3. The topological polar surface area (TPSA) is 154 Å². The van der Waals surface area contributed by atoms with Gasteiger partial charge in [-0.3, -0.25) is 8.75 Å². The van der Waals surface area contributed by atoms with E-state index in [2.05, 4.69) is 5.32 Å². The quantitative estimate of drug-likeness (QED) is 0.0389. The number of ether oxygens (including phenoxy) is 6. The van der Waals surface area contributed by atoms with Gasteiger partial charge in [-0.05, 0) is 86.5 Å². The van der Waals surface area contributed by atoms with Gasteiger partial charge in [-0.1, -0.05) is 218 Å². The average Bonchev–Trinajstić information content (AvgIpc) is 1.82. The molecule has 9 aromatic carbocycles. The molecule has 0 unspecified atom stereocenters. The summed E-state index contributed by atoms with van der Waals surface area (Å²) in [6.45, 7) is -0.608. The number of alkyl halides is 3. The van der Waals surface area contributed by atoms with E-state index in [1.165, 1.54) is 24.3 Å². The largest absolute Gasteiger partial charge is 0.523 e. The molecule has 14 nitrogen and oxygen atoms in total. The van der Waals surface area contributed by atoms with Crippen molar-refractivity contribution in [3.05, 3.63) is 318 Å². The van der Waals surface area contributed by atoms with E-state index in [0.717, 1.165) is 16.7 Å². The molecule has 2 aromatic heterocycles. The van der Waals surface area contributed by atoms with Crippen LogP contribution < -0.4 is 19.5 Å². The van der Waals surface area contributed by atoms with Gasteiger partial charge in [0.15, 0.2) is 23.2 Å². The highest BCUT2D eigenvalue weighted by Gasteiger charge is 2.59. The first-order valence-electron chi connectivity index (χ1n) is 28.5. The maximum Gasteiger partial charge on any atom is 0.523 e. The van der Waals surface area contributed by atoms with Crippen LogP contribution >= 0.6 is 0 Å². The fourth-order valence-electron chi connectivity index (χ4n) is 12.0. The zero-order chi connectivity index (χ0) is 61.6. The maximum atomic E-state index is 15.3. The molecule has 1 aliphatic heterocycles. The third-order valence-electron chi connectivity index (χ3n) is 16.2. The summed E-state index contributed by atoms with van der Waals surface area (Å²) < 4.78 is 120. The van der Waals surface area contributed by atoms with Crippen LogP contribution in [0.4, 0.5) is 19.0 Å². The molecular formula is C71H60F3N5O9S. The van der Waals surface area contributed by atoms with E-state index in [1.54, 1.807) is 74.9 Å². The van der Waals surface area contributed by atoms with Gasteiger partial charge in [0.1, 0.15) is 58.6 Å². The lowest BCUT2D eigenvalue weighted by molar-refractivity contribution is -0.122. The number of halogens is 3. The van der Waals surface area contributed by atoms with Crippen LogP contribution in [0.15, 0.2) is 267 Å². The molecule has 1 N–H and O–H groups in total. The molecule has 450 valence electrons. The summed E-state index contributed by atoms with van der Waals surface area (Å²) in [5.41, 5.74) is -4.24. The third-order valence-corrected chi connectivity index (χ3v) is 17.2. The molecule has 18 heteroatoms. The van der Waals surface area contributed by atoms with Crippen molar-refractivity contribution in [1.29, 1.82) is 0 Å². The van der Waals surface area contributed by atoms with E-state index >= 15 is 13.2 Å². The first-order valence-corrected chi connectivity index (χ1v) is 29.9. The molecule has 1 aliphatic rings. The smallest absolute Gasteiger partial charge is 0.497 e.